The molecule has 4 saturated carbocycles. The molecule has 2 atom stereocenters. The van der Waals surface area contributed by atoms with Crippen molar-refractivity contribution >= 4 is 17.4 Å². The monoisotopic (exact) mass is 254 g/mol. The number of carbonyl (C=O) groups is 1. The molecular formula is C15H23ClO. The lowest BCUT2D eigenvalue weighted by atomic mass is 9.40. The highest BCUT2D eigenvalue weighted by Crippen LogP contribution is 2.70. The van der Waals surface area contributed by atoms with Crippen molar-refractivity contribution in [1.29, 1.82) is 0 Å². The molecule has 1 nitrogen and oxygen atoms in total. The van der Waals surface area contributed by atoms with Gasteiger partial charge in [0.25, 0.3) is 0 Å². The highest BCUT2D eigenvalue weighted by molar-refractivity contribution is 6.27. The molecule has 0 spiro atoms. The molecule has 0 aliphatic heterocycles. The van der Waals surface area contributed by atoms with Crippen LogP contribution in [0.25, 0.3) is 0 Å². The molecule has 0 amide bonds. The van der Waals surface area contributed by atoms with Gasteiger partial charge in [-0.1, -0.05) is 13.8 Å². The van der Waals surface area contributed by atoms with E-state index in [0.29, 0.717) is 16.2 Å². The highest BCUT2D eigenvalue weighted by atomic mass is 35.5. The summed E-state index contributed by atoms with van der Waals surface area (Å²) in [5, 5.41) is 0. The van der Waals surface area contributed by atoms with Gasteiger partial charge >= 0.3 is 0 Å². The summed E-state index contributed by atoms with van der Waals surface area (Å²) in [6, 6.07) is 0. The number of hydrogen-bond donors (Lipinski definition) is 0. The van der Waals surface area contributed by atoms with Gasteiger partial charge in [0, 0.05) is 6.42 Å². The van der Waals surface area contributed by atoms with E-state index in [1.54, 1.807) is 0 Å². The van der Waals surface area contributed by atoms with Crippen LogP contribution >= 0.6 is 11.6 Å². The fraction of sp³-hybridized carbons (Fsp3) is 0.933. The van der Waals surface area contributed by atoms with Crippen LogP contribution < -0.4 is 0 Å². The molecule has 0 heterocycles. The number of rotatable bonds is 3. The average molecular weight is 255 g/mol. The van der Waals surface area contributed by atoms with E-state index in [4.69, 9.17) is 11.6 Å². The van der Waals surface area contributed by atoms with Crippen molar-refractivity contribution in [3.8, 4) is 0 Å². The molecule has 17 heavy (non-hydrogen) atoms. The number of alkyl halides is 1. The molecule has 0 aromatic rings. The molecule has 0 aromatic heterocycles. The van der Waals surface area contributed by atoms with Crippen LogP contribution in [0.2, 0.25) is 0 Å². The Morgan fingerprint density at radius 2 is 1.71 bits per heavy atom. The second-order valence-corrected chi connectivity index (χ2v) is 8.25. The molecule has 4 aliphatic rings. The van der Waals surface area contributed by atoms with Crippen molar-refractivity contribution in [2.24, 2.45) is 22.2 Å². The minimum Gasteiger partial charge on any atom is -0.298 e. The zero-order valence-electron chi connectivity index (χ0n) is 11.0. The lowest BCUT2D eigenvalue weighted by Crippen LogP contribution is -2.55. The SMILES string of the molecule is CC12CC3CC(C)(C1)CC(CC(=O)CCl)(C3)C2. The van der Waals surface area contributed by atoms with Gasteiger partial charge in [0.05, 0.1) is 5.88 Å². The number of carbonyl (C=O) groups excluding carboxylic acids is 1. The summed E-state index contributed by atoms with van der Waals surface area (Å²) in [7, 11) is 0. The van der Waals surface area contributed by atoms with E-state index in [1.165, 1.54) is 38.5 Å². The van der Waals surface area contributed by atoms with E-state index in [9.17, 15) is 4.79 Å². The Balaban J connectivity index is 1.89. The summed E-state index contributed by atoms with van der Waals surface area (Å²) < 4.78 is 0. The second-order valence-electron chi connectivity index (χ2n) is 7.98. The van der Waals surface area contributed by atoms with Gasteiger partial charge in [0.2, 0.25) is 0 Å². The van der Waals surface area contributed by atoms with Crippen molar-refractivity contribution < 1.29 is 4.79 Å². The van der Waals surface area contributed by atoms with Crippen molar-refractivity contribution in [2.45, 2.75) is 58.8 Å². The van der Waals surface area contributed by atoms with Crippen LogP contribution in [0.4, 0.5) is 0 Å². The Kier molecular flexibility index (Phi) is 2.47. The molecule has 4 bridgehead atoms. The highest BCUT2D eigenvalue weighted by Gasteiger charge is 2.60. The lowest BCUT2D eigenvalue weighted by molar-refractivity contribution is -0.154. The third-order valence-electron chi connectivity index (χ3n) is 5.46. The summed E-state index contributed by atoms with van der Waals surface area (Å²) in [5.41, 5.74) is 1.34. The molecule has 0 saturated heterocycles. The van der Waals surface area contributed by atoms with Gasteiger partial charge in [-0.15, -0.1) is 11.6 Å². The molecule has 4 fully saturated rings. The van der Waals surface area contributed by atoms with Gasteiger partial charge in [0.1, 0.15) is 5.78 Å². The Bertz CT molecular complexity index is 344. The molecule has 2 unspecified atom stereocenters. The fourth-order valence-corrected chi connectivity index (χ4v) is 6.44. The maximum atomic E-state index is 11.8. The third-order valence-corrected chi connectivity index (χ3v) is 5.76. The molecule has 4 rings (SSSR count). The van der Waals surface area contributed by atoms with Gasteiger partial charge in [-0.05, 0) is 60.7 Å². The first-order valence-electron chi connectivity index (χ1n) is 6.94. The number of Topliss-reactive ketones (excluding diaryl/α,β-unsaturated/α-hetero) is 1. The summed E-state index contributed by atoms with van der Waals surface area (Å²) in [6.45, 7) is 4.91. The first kappa shape index (κ1) is 12.0. The first-order chi connectivity index (χ1) is 7.86. The summed E-state index contributed by atoms with van der Waals surface area (Å²) in [4.78, 5) is 11.8. The maximum Gasteiger partial charge on any atom is 0.148 e. The largest absolute Gasteiger partial charge is 0.298 e. The standard InChI is InChI=1S/C15H23ClO/c1-13-3-11-4-14(2,8-13)10-15(5-11,9-13)6-12(17)7-16/h11H,3-10H2,1-2H3. The normalized spacial score (nSPS) is 51.8. The lowest BCUT2D eigenvalue weighted by Gasteiger charge is -2.65. The second kappa shape index (κ2) is 3.50. The minimum atomic E-state index is 0.208. The van der Waals surface area contributed by atoms with Crippen LogP contribution in [0, 0.1) is 22.2 Å². The van der Waals surface area contributed by atoms with Gasteiger partial charge in [0.15, 0.2) is 0 Å². The van der Waals surface area contributed by atoms with E-state index in [-0.39, 0.29) is 11.7 Å². The quantitative estimate of drug-likeness (QED) is 0.691. The van der Waals surface area contributed by atoms with E-state index < -0.39 is 0 Å². The van der Waals surface area contributed by atoms with Crippen molar-refractivity contribution in [1.82, 2.24) is 0 Å². The Hall–Kier alpha value is -0.0400. The summed E-state index contributed by atoms with van der Waals surface area (Å²) in [6.07, 6.45) is 8.77. The van der Waals surface area contributed by atoms with Gasteiger partial charge in [-0.3, -0.25) is 4.79 Å². The Labute approximate surface area is 109 Å². The Morgan fingerprint density at radius 3 is 2.18 bits per heavy atom. The molecular weight excluding hydrogens is 232 g/mol. The minimum absolute atomic E-state index is 0.208. The predicted molar refractivity (Wildman–Crippen MR) is 70.2 cm³/mol. The maximum absolute atomic E-state index is 11.8. The van der Waals surface area contributed by atoms with Crippen molar-refractivity contribution in [3.63, 3.8) is 0 Å². The van der Waals surface area contributed by atoms with Crippen LogP contribution in [-0.2, 0) is 4.79 Å². The van der Waals surface area contributed by atoms with Gasteiger partial charge in [-0.2, -0.15) is 0 Å². The summed E-state index contributed by atoms with van der Waals surface area (Å²) >= 11 is 5.71. The molecule has 0 radical (unpaired) electrons. The molecule has 0 aromatic carbocycles. The van der Waals surface area contributed by atoms with E-state index in [1.807, 2.05) is 0 Å². The van der Waals surface area contributed by atoms with Crippen molar-refractivity contribution in [3.05, 3.63) is 0 Å². The molecule has 96 valence electrons. The van der Waals surface area contributed by atoms with Crippen LogP contribution in [0.3, 0.4) is 0 Å². The molecule has 4 aliphatic carbocycles. The van der Waals surface area contributed by atoms with Crippen molar-refractivity contribution in [2.75, 3.05) is 5.88 Å². The number of hydrogen-bond acceptors (Lipinski definition) is 1. The zero-order chi connectivity index (χ0) is 12.3. The van der Waals surface area contributed by atoms with Gasteiger partial charge in [-0.25, -0.2) is 0 Å². The summed E-state index contributed by atoms with van der Waals surface area (Å²) in [5.74, 6) is 1.35. The van der Waals surface area contributed by atoms with E-state index >= 15 is 0 Å². The molecule has 0 N–H and O–H groups in total. The van der Waals surface area contributed by atoms with Crippen LogP contribution in [-0.4, -0.2) is 11.7 Å². The average Bonchev–Trinajstić information content (AvgIpc) is 2.10. The van der Waals surface area contributed by atoms with Gasteiger partial charge < -0.3 is 0 Å². The number of ketones is 1. The van der Waals surface area contributed by atoms with Crippen LogP contribution in [0.15, 0.2) is 0 Å². The zero-order valence-corrected chi connectivity index (χ0v) is 11.8. The first-order valence-corrected chi connectivity index (χ1v) is 7.47. The van der Waals surface area contributed by atoms with Crippen LogP contribution in [0.5, 0.6) is 0 Å². The van der Waals surface area contributed by atoms with E-state index in [2.05, 4.69) is 13.8 Å². The predicted octanol–water partition coefficient (Wildman–Crippen LogP) is 4.18. The van der Waals surface area contributed by atoms with E-state index in [0.717, 1.165) is 12.3 Å². The molecule has 2 heteroatoms. The Morgan fingerprint density at radius 1 is 1.12 bits per heavy atom. The fourth-order valence-electron chi connectivity index (χ4n) is 6.35. The van der Waals surface area contributed by atoms with Crippen LogP contribution in [0.1, 0.15) is 58.8 Å². The third kappa shape index (κ3) is 1.95. The number of halogens is 1. The smallest absolute Gasteiger partial charge is 0.148 e. The topological polar surface area (TPSA) is 17.1 Å².